The highest BCUT2D eigenvalue weighted by Gasteiger charge is 2.43. The summed E-state index contributed by atoms with van der Waals surface area (Å²) in [6.07, 6.45) is 0.963. The van der Waals surface area contributed by atoms with E-state index in [0.29, 0.717) is 24.4 Å². The molecule has 29 heavy (non-hydrogen) atoms. The summed E-state index contributed by atoms with van der Waals surface area (Å²) in [4.78, 5) is 13.6. The minimum absolute atomic E-state index is 0.00471. The third-order valence-corrected chi connectivity index (χ3v) is 9.73. The normalized spacial score (nSPS) is 19.2. The summed E-state index contributed by atoms with van der Waals surface area (Å²) in [5.74, 6) is 0. The SMILES string of the molecule is C/C=N/S(=O)(=O)c1cc2c(s1)S(=O)(=O)N(CCCOC)C[C@@H]2N(CC)C(=O)OC. The Hall–Kier alpha value is -1.54. The van der Waals surface area contributed by atoms with Gasteiger partial charge in [0.15, 0.2) is 0 Å². The Labute approximate surface area is 175 Å². The number of amides is 1. The molecule has 0 fully saturated rings. The van der Waals surface area contributed by atoms with E-state index in [9.17, 15) is 21.6 Å². The number of sulfonamides is 2. The maximum Gasteiger partial charge on any atom is 0.410 e. The van der Waals surface area contributed by atoms with Gasteiger partial charge in [-0.3, -0.25) is 0 Å². The zero-order chi connectivity index (χ0) is 21.8. The van der Waals surface area contributed by atoms with Crippen molar-refractivity contribution in [3.05, 3.63) is 11.6 Å². The molecule has 10 nitrogen and oxygen atoms in total. The molecule has 1 aliphatic rings. The molecule has 2 rings (SSSR count). The third-order valence-electron chi connectivity index (χ3n) is 4.39. The molecule has 0 saturated carbocycles. The second-order valence-electron chi connectivity index (χ2n) is 6.13. The number of rotatable bonds is 8. The van der Waals surface area contributed by atoms with Gasteiger partial charge in [0.05, 0.1) is 13.2 Å². The summed E-state index contributed by atoms with van der Waals surface area (Å²) >= 11 is 0.642. The molecule has 2 heterocycles. The lowest BCUT2D eigenvalue weighted by Gasteiger charge is -2.37. The van der Waals surface area contributed by atoms with Gasteiger partial charge in [0.2, 0.25) is 0 Å². The lowest BCUT2D eigenvalue weighted by molar-refractivity contribution is 0.0981. The average Bonchev–Trinajstić information content (AvgIpc) is 3.13. The van der Waals surface area contributed by atoms with Crippen molar-refractivity contribution in [3.63, 3.8) is 0 Å². The Bertz CT molecular complexity index is 970. The van der Waals surface area contributed by atoms with Gasteiger partial charge >= 0.3 is 6.09 Å². The fourth-order valence-corrected chi connectivity index (χ4v) is 7.82. The molecular weight excluding hydrogens is 442 g/mol. The molecule has 164 valence electrons. The van der Waals surface area contributed by atoms with Crippen LogP contribution in [0.2, 0.25) is 0 Å². The topological polar surface area (TPSA) is 123 Å². The largest absolute Gasteiger partial charge is 0.453 e. The maximum atomic E-state index is 13.1. The van der Waals surface area contributed by atoms with Crippen molar-refractivity contribution >= 4 is 43.7 Å². The summed E-state index contributed by atoms with van der Waals surface area (Å²) in [5, 5.41) is 0. The van der Waals surface area contributed by atoms with E-state index >= 15 is 0 Å². The lowest BCUT2D eigenvalue weighted by atomic mass is 10.1. The van der Waals surface area contributed by atoms with E-state index in [-0.39, 0.29) is 33.6 Å². The molecule has 13 heteroatoms. The second-order valence-corrected chi connectivity index (χ2v) is 11.2. The molecule has 1 atom stereocenters. The first-order valence-electron chi connectivity index (χ1n) is 8.86. The average molecular weight is 468 g/mol. The number of nitrogens with zero attached hydrogens (tertiary/aromatic N) is 3. The number of carbonyl (C=O) groups excluding carboxylic acids is 1. The van der Waals surface area contributed by atoms with Crippen molar-refractivity contribution in [1.29, 1.82) is 0 Å². The minimum Gasteiger partial charge on any atom is -0.453 e. The molecule has 1 aliphatic heterocycles. The van der Waals surface area contributed by atoms with Gasteiger partial charge in [-0.15, -0.1) is 11.3 Å². The van der Waals surface area contributed by atoms with Gasteiger partial charge < -0.3 is 14.4 Å². The van der Waals surface area contributed by atoms with E-state index in [1.165, 1.54) is 36.4 Å². The predicted molar refractivity (Wildman–Crippen MR) is 108 cm³/mol. The third kappa shape index (κ3) is 4.79. The number of hydrogen-bond acceptors (Lipinski definition) is 8. The van der Waals surface area contributed by atoms with Crippen LogP contribution in [0.4, 0.5) is 4.79 Å². The second kappa shape index (κ2) is 9.51. The van der Waals surface area contributed by atoms with Crippen LogP contribution in [0.5, 0.6) is 0 Å². The molecular formula is C16H25N3O7S3. The molecule has 0 N–H and O–H groups in total. The Morgan fingerprint density at radius 1 is 1.45 bits per heavy atom. The van der Waals surface area contributed by atoms with Crippen molar-refractivity contribution in [3.8, 4) is 0 Å². The van der Waals surface area contributed by atoms with Gasteiger partial charge in [-0.2, -0.15) is 17.1 Å². The molecule has 0 aliphatic carbocycles. The van der Waals surface area contributed by atoms with Gasteiger partial charge in [0.25, 0.3) is 20.0 Å². The van der Waals surface area contributed by atoms with Crippen LogP contribution in [0.25, 0.3) is 0 Å². The van der Waals surface area contributed by atoms with Gasteiger partial charge in [0, 0.05) is 45.1 Å². The van der Waals surface area contributed by atoms with Crippen LogP contribution in [0.1, 0.15) is 31.9 Å². The number of ether oxygens (including phenoxy) is 2. The highest BCUT2D eigenvalue weighted by atomic mass is 32.3. The minimum atomic E-state index is -4.02. The molecule has 0 aromatic carbocycles. The standard InChI is InChI=1S/C16H25N3O7S3/c1-5-17-28(21,22)14-10-12-13(19(6-2)16(20)26-4)11-18(8-7-9-25-3)29(23,24)15(12)27-14/h5,10,13H,6-9,11H2,1-4H3/b17-5+/t13-/m0/s1. The Balaban J connectivity index is 2.62. The maximum absolute atomic E-state index is 13.1. The van der Waals surface area contributed by atoms with Crippen molar-refractivity contribution in [2.45, 2.75) is 34.7 Å². The van der Waals surface area contributed by atoms with Crippen molar-refractivity contribution in [2.75, 3.05) is 40.5 Å². The predicted octanol–water partition coefficient (Wildman–Crippen LogP) is 1.70. The van der Waals surface area contributed by atoms with Crippen molar-refractivity contribution in [1.82, 2.24) is 9.21 Å². The summed E-state index contributed by atoms with van der Waals surface area (Å²) in [6.45, 7) is 3.99. The first-order valence-corrected chi connectivity index (χ1v) is 12.6. The van der Waals surface area contributed by atoms with Crippen LogP contribution in [0, 0.1) is 0 Å². The molecule has 1 aromatic rings. The Morgan fingerprint density at radius 2 is 2.14 bits per heavy atom. The smallest absolute Gasteiger partial charge is 0.410 e. The van der Waals surface area contributed by atoms with E-state index in [4.69, 9.17) is 9.47 Å². The molecule has 0 spiro atoms. The highest BCUT2D eigenvalue weighted by Crippen LogP contribution is 2.43. The van der Waals surface area contributed by atoms with E-state index in [1.807, 2.05) is 0 Å². The van der Waals surface area contributed by atoms with Crippen LogP contribution >= 0.6 is 11.3 Å². The van der Waals surface area contributed by atoms with Crippen molar-refractivity contribution < 1.29 is 31.1 Å². The summed E-state index contributed by atoms with van der Waals surface area (Å²) in [6, 6.07) is 0.613. The molecule has 0 radical (unpaired) electrons. The molecule has 0 saturated heterocycles. The monoisotopic (exact) mass is 467 g/mol. The van der Waals surface area contributed by atoms with Gasteiger partial charge in [-0.05, 0) is 26.3 Å². The van der Waals surface area contributed by atoms with Crippen LogP contribution < -0.4 is 0 Å². The zero-order valence-corrected chi connectivity index (χ0v) is 19.1. The molecule has 0 bridgehead atoms. The first-order chi connectivity index (χ1) is 13.6. The molecule has 1 aromatic heterocycles. The van der Waals surface area contributed by atoms with Crippen LogP contribution in [-0.4, -0.2) is 78.8 Å². The number of fused-ring (bicyclic) bond motifs is 1. The quantitative estimate of drug-likeness (QED) is 0.421. The summed E-state index contributed by atoms with van der Waals surface area (Å²) in [5.41, 5.74) is 0.259. The number of thiophene rings is 1. The highest BCUT2D eigenvalue weighted by molar-refractivity contribution is 7.94. The van der Waals surface area contributed by atoms with E-state index in [2.05, 4.69) is 4.40 Å². The fourth-order valence-electron chi connectivity index (χ4n) is 3.08. The van der Waals surface area contributed by atoms with Gasteiger partial charge in [0.1, 0.15) is 8.42 Å². The van der Waals surface area contributed by atoms with Gasteiger partial charge in [-0.25, -0.2) is 13.2 Å². The number of hydrogen-bond donors (Lipinski definition) is 0. The van der Waals surface area contributed by atoms with Crippen LogP contribution in [-0.2, 0) is 29.5 Å². The first kappa shape index (κ1) is 23.7. The van der Waals surface area contributed by atoms with Crippen LogP contribution in [0.15, 0.2) is 18.9 Å². The van der Waals surface area contributed by atoms with Crippen molar-refractivity contribution in [2.24, 2.45) is 4.40 Å². The van der Waals surface area contributed by atoms with E-state index in [0.717, 1.165) is 6.21 Å². The lowest BCUT2D eigenvalue weighted by Crippen LogP contribution is -2.47. The zero-order valence-electron chi connectivity index (χ0n) is 16.7. The summed E-state index contributed by atoms with van der Waals surface area (Å²) < 4.78 is 65.2. The van der Waals surface area contributed by atoms with E-state index < -0.39 is 32.2 Å². The number of methoxy groups -OCH3 is 2. The fraction of sp³-hybridized carbons (Fsp3) is 0.625. The summed E-state index contributed by atoms with van der Waals surface area (Å²) in [7, 11) is -5.19. The van der Waals surface area contributed by atoms with Gasteiger partial charge in [-0.1, -0.05) is 0 Å². The van der Waals surface area contributed by atoms with E-state index in [1.54, 1.807) is 6.92 Å². The molecule has 1 amide bonds. The number of carbonyl (C=O) groups is 1. The molecule has 0 unspecified atom stereocenters. The number of likely N-dealkylation sites (N-methyl/N-ethyl adjacent to an activating group) is 1. The Kier molecular flexibility index (Phi) is 7.79. The van der Waals surface area contributed by atoms with Crippen LogP contribution in [0.3, 0.4) is 0 Å². The Morgan fingerprint density at radius 3 is 2.69 bits per heavy atom.